The number of amides is 1. The average Bonchev–Trinajstić information content (AvgIpc) is 2.94. The minimum absolute atomic E-state index is 0.129. The molecule has 0 saturated heterocycles. The summed E-state index contributed by atoms with van der Waals surface area (Å²) in [6, 6.07) is 6.52. The molecule has 0 bridgehead atoms. The fourth-order valence-corrected chi connectivity index (χ4v) is 2.89. The summed E-state index contributed by atoms with van der Waals surface area (Å²) in [5.41, 5.74) is 2.18. The summed E-state index contributed by atoms with van der Waals surface area (Å²) in [4.78, 5) is 24.1. The lowest BCUT2D eigenvalue weighted by molar-refractivity contribution is -0.117. The van der Waals surface area contributed by atoms with Gasteiger partial charge in [-0.1, -0.05) is 11.6 Å². The van der Waals surface area contributed by atoms with Crippen molar-refractivity contribution in [3.8, 4) is 5.75 Å². The first-order valence-electron chi connectivity index (χ1n) is 7.30. The Morgan fingerprint density at radius 1 is 1.39 bits per heavy atom. The number of aryl methyl sites for hydroxylation is 2. The highest BCUT2D eigenvalue weighted by atomic mass is 35.5. The topological polar surface area (TPSA) is 73.2 Å². The van der Waals surface area contributed by atoms with Gasteiger partial charge in [0, 0.05) is 11.8 Å². The number of ether oxygens (including phenoxy) is 1. The van der Waals surface area contributed by atoms with Crippen molar-refractivity contribution < 1.29 is 9.53 Å². The molecule has 2 aromatic rings. The number of nitrogens with zero attached hydrogens (tertiary/aromatic N) is 2. The zero-order valence-electron chi connectivity index (χ0n) is 12.6. The van der Waals surface area contributed by atoms with E-state index in [4.69, 9.17) is 16.3 Å². The number of hydrogen-bond donors (Lipinski definition) is 1. The average molecular weight is 334 g/mol. The van der Waals surface area contributed by atoms with Crippen LogP contribution in [0.15, 0.2) is 29.1 Å². The second kappa shape index (κ2) is 6.42. The van der Waals surface area contributed by atoms with Crippen molar-refractivity contribution in [2.45, 2.75) is 25.8 Å². The molecule has 0 spiro atoms. The summed E-state index contributed by atoms with van der Waals surface area (Å²) in [6.07, 6.45) is 2.74. The predicted molar refractivity (Wildman–Crippen MR) is 87.2 cm³/mol. The van der Waals surface area contributed by atoms with E-state index in [0.717, 1.165) is 30.5 Å². The molecule has 1 N–H and O–H groups in total. The van der Waals surface area contributed by atoms with E-state index in [2.05, 4.69) is 10.4 Å². The van der Waals surface area contributed by atoms with Crippen molar-refractivity contribution in [2.75, 3.05) is 12.4 Å². The summed E-state index contributed by atoms with van der Waals surface area (Å²) >= 11 is 6.02. The van der Waals surface area contributed by atoms with E-state index in [-0.39, 0.29) is 18.0 Å². The van der Waals surface area contributed by atoms with E-state index in [1.54, 1.807) is 24.3 Å². The first kappa shape index (κ1) is 15.6. The van der Waals surface area contributed by atoms with Crippen LogP contribution in [0.4, 0.5) is 5.69 Å². The van der Waals surface area contributed by atoms with Crippen LogP contribution in [-0.2, 0) is 24.2 Å². The fourth-order valence-electron chi connectivity index (χ4n) is 2.63. The van der Waals surface area contributed by atoms with Crippen LogP contribution < -0.4 is 15.6 Å². The van der Waals surface area contributed by atoms with E-state index in [1.807, 2.05) is 0 Å². The highest BCUT2D eigenvalue weighted by molar-refractivity contribution is 6.32. The monoisotopic (exact) mass is 333 g/mol. The van der Waals surface area contributed by atoms with Gasteiger partial charge in [-0.05, 0) is 43.0 Å². The summed E-state index contributed by atoms with van der Waals surface area (Å²) in [6.45, 7) is -0.129. The summed E-state index contributed by atoms with van der Waals surface area (Å²) in [5, 5.41) is 7.38. The molecule has 0 radical (unpaired) electrons. The lowest BCUT2D eigenvalue weighted by atomic mass is 10.2. The molecule has 120 valence electrons. The Balaban J connectivity index is 1.73. The van der Waals surface area contributed by atoms with E-state index in [1.165, 1.54) is 11.8 Å². The quantitative estimate of drug-likeness (QED) is 0.929. The van der Waals surface area contributed by atoms with Crippen LogP contribution in [0.25, 0.3) is 0 Å². The third kappa shape index (κ3) is 3.37. The first-order valence-corrected chi connectivity index (χ1v) is 7.68. The number of fused-ring (bicyclic) bond motifs is 1. The first-order chi connectivity index (χ1) is 11.1. The van der Waals surface area contributed by atoms with Crippen molar-refractivity contribution in [2.24, 2.45) is 0 Å². The molecule has 6 nitrogen and oxygen atoms in total. The maximum absolute atomic E-state index is 12.1. The molecule has 1 aliphatic carbocycles. The summed E-state index contributed by atoms with van der Waals surface area (Å²) in [5.74, 6) is 0.194. The zero-order chi connectivity index (χ0) is 16.4. The maximum Gasteiger partial charge on any atom is 0.267 e. The molecular weight excluding hydrogens is 318 g/mol. The molecule has 0 aliphatic heterocycles. The molecule has 0 fully saturated rings. The van der Waals surface area contributed by atoms with E-state index < -0.39 is 0 Å². The van der Waals surface area contributed by atoms with Gasteiger partial charge < -0.3 is 10.1 Å². The molecular formula is C16H16ClN3O3. The third-order valence-electron chi connectivity index (χ3n) is 3.75. The number of carbonyl (C=O) groups excluding carboxylic acids is 1. The fraction of sp³-hybridized carbons (Fsp3) is 0.312. The molecule has 1 aromatic heterocycles. The third-order valence-corrected chi connectivity index (χ3v) is 4.05. The van der Waals surface area contributed by atoms with E-state index in [9.17, 15) is 9.59 Å². The molecule has 1 amide bonds. The second-order valence-electron chi connectivity index (χ2n) is 5.36. The van der Waals surface area contributed by atoms with E-state index >= 15 is 0 Å². The van der Waals surface area contributed by atoms with Crippen LogP contribution in [0.5, 0.6) is 5.75 Å². The Hall–Kier alpha value is -2.34. The standard InChI is InChI=1S/C16H16ClN3O3/c1-23-14-6-5-11(8-12(14)17)18-15(21)9-20-16(22)7-10-3-2-4-13(10)19-20/h5-8H,2-4,9H2,1H3,(H,18,21). The largest absolute Gasteiger partial charge is 0.495 e. The van der Waals surface area contributed by atoms with Gasteiger partial charge in [0.25, 0.3) is 5.56 Å². The highest BCUT2D eigenvalue weighted by Gasteiger charge is 2.16. The van der Waals surface area contributed by atoms with Crippen molar-refractivity contribution in [3.63, 3.8) is 0 Å². The van der Waals surface area contributed by atoms with E-state index in [0.29, 0.717) is 16.5 Å². The van der Waals surface area contributed by atoms with Crippen LogP contribution >= 0.6 is 11.6 Å². The minimum atomic E-state index is -0.334. The lowest BCUT2D eigenvalue weighted by Gasteiger charge is -2.09. The number of rotatable bonds is 4. The molecule has 7 heteroatoms. The van der Waals surface area contributed by atoms with Gasteiger partial charge in [0.15, 0.2) is 0 Å². The number of anilines is 1. The van der Waals surface area contributed by atoms with Crippen molar-refractivity contribution in [1.82, 2.24) is 9.78 Å². The van der Waals surface area contributed by atoms with Gasteiger partial charge in [-0.25, -0.2) is 4.68 Å². The summed E-state index contributed by atoms with van der Waals surface area (Å²) < 4.78 is 6.26. The van der Waals surface area contributed by atoms with Crippen molar-refractivity contribution >= 4 is 23.2 Å². The van der Waals surface area contributed by atoms with Crippen LogP contribution in [0.1, 0.15) is 17.7 Å². The molecule has 3 rings (SSSR count). The SMILES string of the molecule is COc1ccc(NC(=O)Cn2nc3c(cc2=O)CCC3)cc1Cl. The zero-order valence-corrected chi connectivity index (χ0v) is 13.4. The smallest absolute Gasteiger partial charge is 0.267 e. The molecule has 1 heterocycles. The normalized spacial score (nSPS) is 12.8. The molecule has 1 aromatic carbocycles. The Labute approximate surface area is 138 Å². The molecule has 0 atom stereocenters. The number of hydrogen-bond acceptors (Lipinski definition) is 4. The van der Waals surface area contributed by atoms with Gasteiger partial charge in [-0.2, -0.15) is 5.10 Å². The molecule has 0 unspecified atom stereocenters. The van der Waals surface area contributed by atoms with Crippen molar-refractivity contribution in [3.05, 3.63) is 50.9 Å². The lowest BCUT2D eigenvalue weighted by Crippen LogP contribution is -2.30. The van der Waals surface area contributed by atoms with Gasteiger partial charge >= 0.3 is 0 Å². The van der Waals surface area contributed by atoms with Crippen LogP contribution in [0.3, 0.4) is 0 Å². The molecule has 23 heavy (non-hydrogen) atoms. The summed E-state index contributed by atoms with van der Waals surface area (Å²) in [7, 11) is 1.52. The van der Waals surface area contributed by atoms with Gasteiger partial charge in [-0.15, -0.1) is 0 Å². The van der Waals surface area contributed by atoms with Gasteiger partial charge in [-0.3, -0.25) is 9.59 Å². The number of nitrogens with one attached hydrogen (secondary N) is 1. The number of aromatic nitrogens is 2. The second-order valence-corrected chi connectivity index (χ2v) is 5.77. The van der Waals surface area contributed by atoms with Crippen LogP contribution in [0.2, 0.25) is 5.02 Å². The van der Waals surface area contributed by atoms with Crippen molar-refractivity contribution in [1.29, 1.82) is 0 Å². The Kier molecular flexibility index (Phi) is 4.34. The maximum atomic E-state index is 12.1. The number of methoxy groups -OCH3 is 1. The van der Waals surface area contributed by atoms with Gasteiger partial charge in [0.1, 0.15) is 12.3 Å². The number of halogens is 1. The van der Waals surface area contributed by atoms with Crippen LogP contribution in [-0.4, -0.2) is 22.8 Å². The van der Waals surface area contributed by atoms with Gasteiger partial charge in [0.2, 0.25) is 5.91 Å². The number of benzene rings is 1. The minimum Gasteiger partial charge on any atom is -0.495 e. The Bertz CT molecular complexity index is 817. The molecule has 1 aliphatic rings. The Morgan fingerprint density at radius 3 is 2.96 bits per heavy atom. The Morgan fingerprint density at radius 2 is 2.22 bits per heavy atom. The van der Waals surface area contributed by atoms with Crippen LogP contribution in [0, 0.1) is 0 Å². The highest BCUT2D eigenvalue weighted by Crippen LogP contribution is 2.27. The number of carbonyl (C=O) groups is 1. The predicted octanol–water partition coefficient (Wildman–Crippen LogP) is 2.03. The van der Waals surface area contributed by atoms with Gasteiger partial charge in [0.05, 0.1) is 17.8 Å². The molecule has 0 saturated carbocycles.